The second-order valence-corrected chi connectivity index (χ2v) is 27.7. The molecule has 4 aromatic rings. The highest BCUT2D eigenvalue weighted by Gasteiger charge is 2.31. The first kappa shape index (κ1) is 95.0. The summed E-state index contributed by atoms with van der Waals surface area (Å²) < 4.78 is 40.7. The number of carbonyl (C=O) groups is 11. The number of aromatic nitrogens is 1. The Labute approximate surface area is 657 Å². The molecule has 1 aromatic heterocycles. The smallest absolute Gasteiger partial charge is 0.410 e. The minimum atomic E-state index is -1.09. The molecule has 0 aliphatic carbocycles. The van der Waals surface area contributed by atoms with Gasteiger partial charge in [0.2, 0.25) is 53.2 Å². The zero-order valence-electron chi connectivity index (χ0n) is 66.9. The van der Waals surface area contributed by atoms with Crippen LogP contribution < -0.4 is 53.7 Å². The van der Waals surface area contributed by atoms with E-state index in [4.69, 9.17) is 38.9 Å². The van der Waals surface area contributed by atoms with Gasteiger partial charge >= 0.3 is 12.1 Å². The SMILES string of the molecule is CCCN(CC[C@@H](C)C(=O)N[C@H](C)[C@@H](O)c1ccccc1)C(=O)C[C@@H](C)CN(C)C(=O)[C@@H](NC(=O)CN(C)C(=O)OCc1ccc(NC(=O)[C@H](CCCNC(N)=O)NC(=O)CNC(=O)CCOCCOCCOCCOCCOCCOCCNC(=O)CNC(=O)CCn2c(CN(C)NC)cc3ccccc32)cc1)C(C)C. The first-order valence-corrected chi connectivity index (χ1v) is 38.4. The van der Waals surface area contributed by atoms with Crippen LogP contribution in [0, 0.1) is 17.8 Å². The number of carbonyl (C=O) groups excluding carboxylic acids is 11. The summed E-state index contributed by atoms with van der Waals surface area (Å²) >= 11 is 0. The lowest BCUT2D eigenvalue weighted by Gasteiger charge is -2.30. The molecule has 0 aliphatic rings. The van der Waals surface area contributed by atoms with Crippen LogP contribution in [0.4, 0.5) is 15.3 Å². The van der Waals surface area contributed by atoms with Crippen molar-refractivity contribution in [2.75, 3.05) is 165 Å². The van der Waals surface area contributed by atoms with Crippen LogP contribution in [0.25, 0.3) is 10.9 Å². The topological polar surface area (TPSA) is 425 Å². The molecule has 34 nitrogen and oxygen atoms in total. The summed E-state index contributed by atoms with van der Waals surface area (Å²) in [5.74, 6) is -4.56. The summed E-state index contributed by atoms with van der Waals surface area (Å²) in [5.41, 5.74) is 12.0. The van der Waals surface area contributed by atoms with Crippen LogP contribution in [-0.2, 0) is 96.0 Å². The molecule has 0 spiro atoms. The number of nitrogens with zero attached hydrogens (tertiary/aromatic N) is 5. The highest BCUT2D eigenvalue weighted by Crippen LogP contribution is 2.23. The first-order chi connectivity index (χ1) is 53.7. The molecule has 1 heterocycles. The Hall–Kier alpha value is -9.39. The van der Waals surface area contributed by atoms with Gasteiger partial charge in [-0.2, -0.15) is 0 Å². The summed E-state index contributed by atoms with van der Waals surface area (Å²) in [6, 6.07) is 22.2. The normalized spacial score (nSPS) is 12.9. The lowest BCUT2D eigenvalue weighted by atomic mass is 10.0. The van der Waals surface area contributed by atoms with E-state index in [1.165, 1.54) is 11.9 Å². The lowest BCUT2D eigenvalue weighted by molar-refractivity contribution is -0.138. The maximum Gasteiger partial charge on any atom is 0.410 e. The Balaban J connectivity index is 1.01. The van der Waals surface area contributed by atoms with Gasteiger partial charge < -0.3 is 106 Å². The van der Waals surface area contributed by atoms with Crippen LogP contribution in [0.2, 0.25) is 0 Å². The van der Waals surface area contributed by atoms with Crippen LogP contribution in [0.1, 0.15) is 109 Å². The van der Waals surface area contributed by atoms with Gasteiger partial charge in [-0.15, -0.1) is 0 Å². The second kappa shape index (κ2) is 54.3. The van der Waals surface area contributed by atoms with Crippen molar-refractivity contribution >= 4 is 81.9 Å². The number of hydrogen-bond acceptors (Lipinski definition) is 21. The number of aliphatic hydroxyl groups is 1. The summed E-state index contributed by atoms with van der Waals surface area (Å²) in [6.07, 6.45) is 0.0905. The minimum Gasteiger partial charge on any atom is -0.445 e. The van der Waals surface area contributed by atoms with Crippen LogP contribution in [-0.4, -0.2) is 273 Å². The number of likely N-dealkylation sites (N-methyl/N-ethyl adjacent to an activating group) is 2. The zero-order valence-corrected chi connectivity index (χ0v) is 66.9. The summed E-state index contributed by atoms with van der Waals surface area (Å²) in [6.45, 7) is 15.9. The molecule has 0 bridgehead atoms. The number of para-hydroxylation sites is 1. The van der Waals surface area contributed by atoms with E-state index in [-0.39, 0.29) is 133 Å². The number of rotatable bonds is 58. The Kier molecular flexibility index (Phi) is 46.1. The number of primary amides is 1. The number of anilines is 1. The molecule has 12 N–H and O–H groups in total. The quantitative estimate of drug-likeness (QED) is 0.0224. The minimum absolute atomic E-state index is 0.0491. The fourth-order valence-electron chi connectivity index (χ4n) is 11.4. The molecule has 6 atom stereocenters. The highest BCUT2D eigenvalue weighted by atomic mass is 16.6. The van der Waals surface area contributed by atoms with Crippen LogP contribution >= 0.6 is 0 Å². The summed E-state index contributed by atoms with van der Waals surface area (Å²) in [5, 5.41) is 35.2. The van der Waals surface area contributed by atoms with Crippen molar-refractivity contribution < 1.29 is 91.0 Å². The van der Waals surface area contributed by atoms with Gasteiger partial charge in [-0.3, -0.25) is 48.6 Å². The molecule has 0 saturated carbocycles. The van der Waals surface area contributed by atoms with E-state index < -0.39 is 79.0 Å². The number of urea groups is 1. The summed E-state index contributed by atoms with van der Waals surface area (Å²) in [4.78, 5) is 146. The number of aryl methyl sites for hydroxylation is 1. The van der Waals surface area contributed by atoms with Gasteiger partial charge in [0.05, 0.1) is 111 Å². The third-order valence-electron chi connectivity index (χ3n) is 17.8. The lowest BCUT2D eigenvalue weighted by Crippen LogP contribution is -2.53. The average Bonchev–Trinajstić information content (AvgIpc) is 1.65. The molecular formula is C78H123N15O19. The largest absolute Gasteiger partial charge is 0.445 e. The molecular weight excluding hydrogens is 1450 g/mol. The van der Waals surface area contributed by atoms with Gasteiger partial charge in [0, 0.05) is 102 Å². The predicted octanol–water partition coefficient (Wildman–Crippen LogP) is 2.70. The number of amides is 12. The number of nitrogens with two attached hydrogens (primary N) is 1. The molecule has 0 radical (unpaired) electrons. The molecule has 3 aromatic carbocycles. The fraction of sp³-hybridized carbons (Fsp3) is 0.603. The monoisotopic (exact) mass is 1570 g/mol. The Bertz CT molecular complexity index is 3500. The molecule has 34 heteroatoms. The van der Waals surface area contributed by atoms with Gasteiger partial charge in [-0.25, -0.2) is 14.6 Å². The summed E-state index contributed by atoms with van der Waals surface area (Å²) in [7, 11) is 6.77. The predicted molar refractivity (Wildman–Crippen MR) is 420 cm³/mol. The highest BCUT2D eigenvalue weighted by molar-refractivity contribution is 5.98. The molecule has 12 amide bonds. The van der Waals surface area contributed by atoms with E-state index in [9.17, 15) is 57.8 Å². The second-order valence-electron chi connectivity index (χ2n) is 27.7. The van der Waals surface area contributed by atoms with Gasteiger partial charge in [-0.1, -0.05) is 95.3 Å². The molecule has 624 valence electrons. The van der Waals surface area contributed by atoms with Crippen molar-refractivity contribution in [1.82, 2.24) is 66.9 Å². The van der Waals surface area contributed by atoms with Crippen molar-refractivity contribution in [3.63, 3.8) is 0 Å². The van der Waals surface area contributed by atoms with Gasteiger partial charge in [-0.05, 0) is 92.3 Å². The number of fused-ring (bicyclic) bond motifs is 1. The Morgan fingerprint density at radius 3 is 1.79 bits per heavy atom. The van der Waals surface area contributed by atoms with Gasteiger partial charge in [0.25, 0.3) is 0 Å². The Morgan fingerprint density at radius 2 is 1.18 bits per heavy atom. The van der Waals surface area contributed by atoms with E-state index in [0.717, 1.165) is 21.5 Å². The van der Waals surface area contributed by atoms with Crippen molar-refractivity contribution in [3.05, 3.63) is 102 Å². The van der Waals surface area contributed by atoms with E-state index >= 15 is 0 Å². The fourth-order valence-corrected chi connectivity index (χ4v) is 11.4. The zero-order chi connectivity index (χ0) is 82.2. The van der Waals surface area contributed by atoms with Gasteiger partial charge in [0.15, 0.2) is 0 Å². The number of benzene rings is 3. The number of ether oxygens (including phenoxy) is 7. The maximum atomic E-state index is 13.8. The van der Waals surface area contributed by atoms with Crippen LogP contribution in [0.15, 0.2) is 84.9 Å². The third-order valence-corrected chi connectivity index (χ3v) is 17.8. The average molecular weight is 1570 g/mol. The number of hydrogen-bond donors (Lipinski definition) is 11. The van der Waals surface area contributed by atoms with E-state index in [2.05, 4.69) is 58.6 Å². The van der Waals surface area contributed by atoms with Crippen molar-refractivity contribution in [2.45, 2.75) is 130 Å². The molecule has 0 fully saturated rings. The van der Waals surface area contributed by atoms with E-state index in [1.54, 1.807) is 76.0 Å². The molecule has 0 unspecified atom stereocenters. The molecule has 4 rings (SSSR count). The Morgan fingerprint density at radius 1 is 0.589 bits per heavy atom. The number of aliphatic hydroxyl groups excluding tert-OH is 1. The first-order valence-electron chi connectivity index (χ1n) is 38.4. The molecule has 0 aliphatic heterocycles. The molecule has 0 saturated heterocycles. The molecule has 112 heavy (non-hydrogen) atoms. The number of hydrazine groups is 1. The van der Waals surface area contributed by atoms with Crippen molar-refractivity contribution in [2.24, 2.45) is 23.5 Å². The standard InChI is InChI=1S/C78H123N15O19/c1-11-32-92(33-27-57(5)74(101)85-58(6)73(100)60-18-13-12-14-19-60)71(99)47-56(4)51-89(8)76(103)72(55(2)3)88-70(98)53-90(9)78(105)112-54-59-23-25-62(26-24-59)86-75(102)64(21-17-30-82-77(79)104)87-69(97)50-84-67(95)29-35-106-37-39-108-41-43-110-45-46-111-44-42-109-40-38-107-36-31-81-68(96)49-83-66(94)28-34-93-63(52-91(10)80-7)48-61-20-15-16-22-65(61)93/h12-16,18-20,22-26,48,55-58,64,72-73,80,100H,11,17,21,27-47,49-54H2,1-10H3,(H,81,96)(H,83,94)(H,84,95)(H,85,101)(H,86,102)(H,87,97)(H,88,98)(H3,79,82,104)/t56-,57-,58-,64+,72+,73-/m1/s1. The van der Waals surface area contributed by atoms with Crippen LogP contribution in [0.5, 0.6) is 0 Å². The number of nitrogens with one attached hydrogen (secondary N) is 9. The van der Waals surface area contributed by atoms with E-state index in [1.807, 2.05) is 75.4 Å². The van der Waals surface area contributed by atoms with Crippen molar-refractivity contribution in [1.29, 1.82) is 0 Å². The van der Waals surface area contributed by atoms with Crippen molar-refractivity contribution in [3.8, 4) is 0 Å². The maximum absolute atomic E-state index is 13.8. The van der Waals surface area contributed by atoms with E-state index in [0.29, 0.717) is 109 Å². The van der Waals surface area contributed by atoms with Crippen LogP contribution in [0.3, 0.4) is 0 Å². The van der Waals surface area contributed by atoms with Gasteiger partial charge in [0.1, 0.15) is 25.2 Å². The third kappa shape index (κ3) is 38.7.